The highest BCUT2D eigenvalue weighted by molar-refractivity contribution is 6.02. The van der Waals surface area contributed by atoms with Gasteiger partial charge in [0.15, 0.2) is 23.2 Å². The van der Waals surface area contributed by atoms with Gasteiger partial charge in [-0.3, -0.25) is 4.79 Å². The highest BCUT2D eigenvalue weighted by Gasteiger charge is 2.29. The number of carbonyl (C=O) groups excluding carboxylic acids is 1. The number of hydrogen-bond acceptors (Lipinski definition) is 7. The molecular formula is C29H31F2N7O2. The first-order valence-corrected chi connectivity index (χ1v) is 13.5. The predicted molar refractivity (Wildman–Crippen MR) is 150 cm³/mol. The molecular weight excluding hydrogens is 516 g/mol. The van der Waals surface area contributed by atoms with E-state index in [1.165, 1.54) is 12.4 Å². The van der Waals surface area contributed by atoms with E-state index in [0.29, 0.717) is 11.4 Å². The first-order chi connectivity index (χ1) is 19.4. The smallest absolute Gasteiger partial charge is 0.260 e. The number of anilines is 3. The molecule has 1 amide bonds. The van der Waals surface area contributed by atoms with E-state index in [-0.39, 0.29) is 40.0 Å². The number of benzene rings is 2. The number of aromatic amines is 1. The number of nitrogens with zero attached hydrogens (tertiary/aromatic N) is 4. The van der Waals surface area contributed by atoms with Crippen LogP contribution in [0.1, 0.15) is 35.8 Å². The van der Waals surface area contributed by atoms with Crippen molar-refractivity contribution in [2.24, 2.45) is 0 Å². The molecule has 0 spiro atoms. The Bertz CT molecular complexity index is 1540. The Morgan fingerprint density at radius 3 is 2.55 bits per heavy atom. The van der Waals surface area contributed by atoms with Crippen molar-refractivity contribution in [3.05, 3.63) is 65.6 Å². The minimum atomic E-state index is -0.752. The van der Waals surface area contributed by atoms with Crippen LogP contribution in [0.3, 0.4) is 0 Å². The molecule has 2 aliphatic rings. The summed E-state index contributed by atoms with van der Waals surface area (Å²) in [4.78, 5) is 29.3. The zero-order valence-electron chi connectivity index (χ0n) is 22.4. The Balaban J connectivity index is 1.29. The number of carbonyl (C=O) groups is 1. The van der Waals surface area contributed by atoms with E-state index in [1.807, 2.05) is 24.3 Å². The highest BCUT2D eigenvalue weighted by atomic mass is 19.1. The predicted octanol–water partition coefficient (Wildman–Crippen LogP) is 5.11. The van der Waals surface area contributed by atoms with Crippen LogP contribution in [0, 0.1) is 18.6 Å². The zero-order valence-corrected chi connectivity index (χ0v) is 22.4. The normalized spacial score (nSPS) is 15.8. The molecule has 40 heavy (non-hydrogen) atoms. The van der Waals surface area contributed by atoms with Gasteiger partial charge < -0.3 is 30.2 Å². The van der Waals surface area contributed by atoms with Crippen molar-refractivity contribution in [2.75, 3.05) is 42.9 Å². The van der Waals surface area contributed by atoms with Crippen LogP contribution in [0.2, 0.25) is 0 Å². The summed E-state index contributed by atoms with van der Waals surface area (Å²) in [5.41, 5.74) is 2.50. The van der Waals surface area contributed by atoms with Crippen LogP contribution >= 0.6 is 0 Å². The number of H-pyrrole nitrogens is 1. The van der Waals surface area contributed by atoms with E-state index in [0.717, 1.165) is 57.3 Å². The molecule has 1 saturated carbocycles. The third-order valence-electron chi connectivity index (χ3n) is 7.38. The molecule has 1 aliphatic carbocycles. The Morgan fingerprint density at radius 2 is 1.85 bits per heavy atom. The number of aromatic nitrogens is 3. The van der Waals surface area contributed by atoms with Gasteiger partial charge in [-0.25, -0.2) is 18.7 Å². The minimum absolute atomic E-state index is 0.0133. The van der Waals surface area contributed by atoms with Crippen molar-refractivity contribution >= 4 is 34.0 Å². The van der Waals surface area contributed by atoms with Gasteiger partial charge in [0.25, 0.3) is 5.91 Å². The van der Waals surface area contributed by atoms with E-state index in [4.69, 9.17) is 4.74 Å². The van der Waals surface area contributed by atoms with Gasteiger partial charge in [-0.1, -0.05) is 6.92 Å². The summed E-state index contributed by atoms with van der Waals surface area (Å²) in [6.45, 7) is 8.92. The van der Waals surface area contributed by atoms with Crippen LogP contribution in [0.15, 0.2) is 42.7 Å². The number of nitrogens with one attached hydrogen (secondary N) is 3. The van der Waals surface area contributed by atoms with Crippen LogP contribution in [0.4, 0.5) is 26.0 Å². The second kappa shape index (κ2) is 10.7. The molecule has 0 unspecified atom stereocenters. The lowest BCUT2D eigenvalue weighted by Crippen LogP contribution is -2.46. The molecule has 208 valence electrons. The summed E-state index contributed by atoms with van der Waals surface area (Å²) in [6, 6.07) is 10.4. The molecule has 0 atom stereocenters. The molecule has 2 fully saturated rings. The first-order valence-electron chi connectivity index (χ1n) is 13.5. The maximum atomic E-state index is 15.3. The van der Waals surface area contributed by atoms with Gasteiger partial charge in [-0.2, -0.15) is 0 Å². The topological polar surface area (TPSA) is 98.4 Å². The third-order valence-corrected chi connectivity index (χ3v) is 7.38. The quantitative estimate of drug-likeness (QED) is 0.282. The van der Waals surface area contributed by atoms with Gasteiger partial charge in [-0.05, 0) is 56.6 Å². The van der Waals surface area contributed by atoms with Crippen molar-refractivity contribution < 1.29 is 18.3 Å². The summed E-state index contributed by atoms with van der Waals surface area (Å²) >= 11 is 0. The van der Waals surface area contributed by atoms with Crippen LogP contribution in [0.25, 0.3) is 10.9 Å². The molecule has 4 aromatic rings. The van der Waals surface area contributed by atoms with Crippen LogP contribution in [-0.2, 0) is 0 Å². The Hall–Kier alpha value is -4.25. The Labute approximate surface area is 230 Å². The largest absolute Gasteiger partial charge is 0.435 e. The molecule has 6 rings (SSSR count). The fourth-order valence-corrected chi connectivity index (χ4v) is 4.96. The van der Waals surface area contributed by atoms with Gasteiger partial charge in [0.1, 0.15) is 11.9 Å². The number of aryl methyl sites for hydroxylation is 1. The van der Waals surface area contributed by atoms with Crippen LogP contribution in [0.5, 0.6) is 11.6 Å². The molecule has 9 nitrogen and oxygen atoms in total. The molecule has 3 N–H and O–H groups in total. The summed E-state index contributed by atoms with van der Waals surface area (Å²) in [6.07, 6.45) is 2.96. The molecule has 1 saturated heterocycles. The number of amides is 1. The lowest BCUT2D eigenvalue weighted by atomic mass is 10.2. The van der Waals surface area contributed by atoms with Crippen molar-refractivity contribution in [1.29, 1.82) is 0 Å². The molecule has 2 aromatic heterocycles. The van der Waals surface area contributed by atoms with E-state index in [9.17, 15) is 9.18 Å². The number of likely N-dealkylation sites (N-methyl/N-ethyl adjacent to an activating group) is 1. The second-order valence-electron chi connectivity index (χ2n) is 10.3. The van der Waals surface area contributed by atoms with Crippen LogP contribution in [-0.4, -0.2) is 64.5 Å². The second-order valence-corrected chi connectivity index (χ2v) is 10.3. The Kier molecular flexibility index (Phi) is 6.97. The van der Waals surface area contributed by atoms with Gasteiger partial charge in [0, 0.05) is 60.7 Å². The number of fused-ring (bicyclic) bond motifs is 1. The summed E-state index contributed by atoms with van der Waals surface area (Å²) in [5, 5.41) is 6.16. The van der Waals surface area contributed by atoms with Crippen LogP contribution < -0.4 is 20.3 Å². The molecule has 2 aromatic carbocycles. The lowest BCUT2D eigenvalue weighted by molar-refractivity contribution is 0.0948. The SMILES string of the molecule is CCN1CCN(c2ccc(Nc3ncnc(Oc4cc(F)c5[nH]c(C)cc5c4F)c3C(=O)NC3CC3)cc2)CC1. The fourth-order valence-electron chi connectivity index (χ4n) is 4.96. The monoisotopic (exact) mass is 547 g/mol. The van der Waals surface area contributed by atoms with Crippen molar-refractivity contribution in [2.45, 2.75) is 32.7 Å². The maximum Gasteiger partial charge on any atom is 0.260 e. The molecule has 3 heterocycles. The first kappa shape index (κ1) is 26.0. The fraction of sp³-hybridized carbons (Fsp3) is 0.345. The Morgan fingerprint density at radius 1 is 1.10 bits per heavy atom. The number of ether oxygens (including phenoxy) is 1. The van der Waals surface area contributed by atoms with Gasteiger partial charge >= 0.3 is 0 Å². The zero-order chi connectivity index (χ0) is 27.8. The average Bonchev–Trinajstić information content (AvgIpc) is 3.68. The molecule has 0 bridgehead atoms. The van der Waals surface area contributed by atoms with Crippen molar-refractivity contribution in [3.8, 4) is 11.6 Å². The maximum absolute atomic E-state index is 15.3. The molecule has 0 radical (unpaired) electrons. The summed E-state index contributed by atoms with van der Waals surface area (Å²) < 4.78 is 35.8. The average molecular weight is 548 g/mol. The van der Waals surface area contributed by atoms with Gasteiger partial charge in [0.2, 0.25) is 5.88 Å². The number of rotatable bonds is 8. The summed E-state index contributed by atoms with van der Waals surface area (Å²) in [5.74, 6) is -2.23. The number of halogens is 2. The van der Waals surface area contributed by atoms with E-state index in [2.05, 4.69) is 42.3 Å². The standard InChI is InChI=1S/C29H31F2N7O2/c1-3-37-10-12-38(13-11-37)20-8-6-18(7-9-20)35-27-24(28(39)36-19-4-5-19)29(33-16-32-27)40-23-15-22(30)26-21(25(23)31)14-17(2)34-26/h6-9,14-16,19,34H,3-5,10-13H2,1-2H3,(H,36,39)(H,32,33,35). The molecule has 1 aliphatic heterocycles. The summed E-state index contributed by atoms with van der Waals surface area (Å²) in [7, 11) is 0. The van der Waals surface area contributed by atoms with Gasteiger partial charge in [-0.15, -0.1) is 0 Å². The van der Waals surface area contributed by atoms with E-state index >= 15 is 4.39 Å². The minimum Gasteiger partial charge on any atom is -0.435 e. The van der Waals surface area contributed by atoms with E-state index in [1.54, 1.807) is 6.92 Å². The molecule has 11 heteroatoms. The van der Waals surface area contributed by atoms with E-state index < -0.39 is 17.5 Å². The van der Waals surface area contributed by atoms with Gasteiger partial charge in [0.05, 0.1) is 5.52 Å². The van der Waals surface area contributed by atoms with Crippen molar-refractivity contribution in [3.63, 3.8) is 0 Å². The number of hydrogen-bond donors (Lipinski definition) is 3. The third kappa shape index (κ3) is 5.29. The highest BCUT2D eigenvalue weighted by Crippen LogP contribution is 2.35. The van der Waals surface area contributed by atoms with Crippen molar-refractivity contribution in [1.82, 2.24) is 25.2 Å². The number of piperazine rings is 1. The lowest BCUT2D eigenvalue weighted by Gasteiger charge is -2.35.